The van der Waals surface area contributed by atoms with Gasteiger partial charge in [0.2, 0.25) is 0 Å². The molecule has 0 aromatic heterocycles. The molecule has 0 aliphatic heterocycles. The van der Waals surface area contributed by atoms with Crippen molar-refractivity contribution in [3.63, 3.8) is 0 Å². The van der Waals surface area contributed by atoms with Gasteiger partial charge in [0.15, 0.2) is 0 Å². The van der Waals surface area contributed by atoms with Crippen LogP contribution in [-0.4, -0.2) is 15.8 Å². The molecule has 7 heteroatoms. The number of unbranched alkanes of at least 4 members (excludes halogenated alkanes) is 8. The zero-order valence-electron chi connectivity index (χ0n) is 16.9. The summed E-state index contributed by atoms with van der Waals surface area (Å²) in [4.78, 5) is 28.0. The molecule has 0 fully saturated rings. The quantitative estimate of drug-likeness (QED) is 0.196. The van der Waals surface area contributed by atoms with Crippen LogP contribution in [0.2, 0.25) is 0 Å². The van der Waals surface area contributed by atoms with Crippen molar-refractivity contribution in [2.24, 2.45) is 0 Å². The van der Waals surface area contributed by atoms with Crippen molar-refractivity contribution in [2.45, 2.75) is 84.0 Å². The summed E-state index contributed by atoms with van der Waals surface area (Å²) in [7, 11) is -4.67. The van der Waals surface area contributed by atoms with Gasteiger partial charge in [-0.05, 0) is 38.5 Å². The third-order valence-electron chi connectivity index (χ3n) is 3.55. The molecule has 0 bridgehead atoms. The van der Waals surface area contributed by atoms with Crippen LogP contribution in [0.15, 0.2) is 24.3 Å². The van der Waals surface area contributed by atoms with Gasteiger partial charge in [-0.3, -0.25) is 14.6 Å². The first kappa shape index (κ1) is 27.3. The summed E-state index contributed by atoms with van der Waals surface area (Å²) in [5.41, 5.74) is 0. The molecule has 0 saturated carbocycles. The van der Waals surface area contributed by atoms with Crippen LogP contribution in [0.5, 0.6) is 0 Å². The predicted octanol–water partition coefficient (Wildman–Crippen LogP) is 2.55. The van der Waals surface area contributed by atoms with Crippen LogP contribution in [-0.2, 0) is 13.9 Å². The third-order valence-corrected chi connectivity index (χ3v) is 3.99. The molecule has 2 N–H and O–H groups in total. The molecule has 5 nitrogen and oxygen atoms in total. The van der Waals surface area contributed by atoms with Gasteiger partial charge in [0.25, 0.3) is 0 Å². The van der Waals surface area contributed by atoms with E-state index in [-0.39, 0.29) is 37.4 Å². The molecule has 0 spiro atoms. The molecule has 0 aliphatic rings. The number of allylic oxidation sites excluding steroid dienone is 4. The van der Waals surface area contributed by atoms with E-state index in [4.69, 9.17) is 9.79 Å². The number of hydrogen-bond donors (Lipinski definition) is 2. The Bertz CT molecular complexity index is 424. The maximum atomic E-state index is 11.1. The van der Waals surface area contributed by atoms with Crippen molar-refractivity contribution in [1.29, 1.82) is 0 Å². The number of hydrogen-bond acceptors (Lipinski definition) is 3. The van der Waals surface area contributed by atoms with E-state index < -0.39 is 13.8 Å². The molecule has 142 valence electrons. The fraction of sp³-hybridized carbons (Fsp3) is 0.722. The molecule has 25 heavy (non-hydrogen) atoms. The molecule has 0 saturated heterocycles. The van der Waals surface area contributed by atoms with Crippen molar-refractivity contribution >= 4 is 13.8 Å². The summed E-state index contributed by atoms with van der Waals surface area (Å²) in [6.45, 7) is 2.22. The van der Waals surface area contributed by atoms with Gasteiger partial charge in [0.05, 0.1) is 0 Å². The van der Waals surface area contributed by atoms with Gasteiger partial charge >= 0.3 is 43.3 Å². The number of carbonyl (C=O) groups is 1. The van der Waals surface area contributed by atoms with Gasteiger partial charge in [-0.1, -0.05) is 63.3 Å². The molecular formula is C18H34NaO5P. The summed E-state index contributed by atoms with van der Waals surface area (Å²) in [5.74, 6) is -0.825. The fourth-order valence-electron chi connectivity index (χ4n) is 2.26. The molecule has 0 atom stereocenters. The van der Waals surface area contributed by atoms with Crippen molar-refractivity contribution in [2.75, 3.05) is 0 Å². The molecule has 0 aromatic rings. The summed E-state index contributed by atoms with van der Waals surface area (Å²) < 4.78 is 14.4. The van der Waals surface area contributed by atoms with Crippen LogP contribution in [0.1, 0.15) is 85.4 Å². The average Bonchev–Trinajstić information content (AvgIpc) is 2.49. The molecular weight excluding hydrogens is 350 g/mol. The number of carbonyl (C=O) groups excluding carboxylic acids is 1. The van der Waals surface area contributed by atoms with E-state index in [0.717, 1.165) is 38.5 Å². The van der Waals surface area contributed by atoms with E-state index >= 15 is 0 Å². The molecule has 0 rings (SSSR count). The normalized spacial score (nSPS) is 11.8. The Balaban J connectivity index is -0.00000264. The Kier molecular flexibility index (Phi) is 20.6. The minimum atomic E-state index is -4.67. The van der Waals surface area contributed by atoms with Gasteiger partial charge in [-0.15, -0.1) is 0 Å². The number of phosphoric ester groups is 1. The summed E-state index contributed by atoms with van der Waals surface area (Å²) in [6, 6.07) is 0. The Morgan fingerprint density at radius 2 is 1.44 bits per heavy atom. The monoisotopic (exact) mass is 384 g/mol. The Labute approximate surface area is 176 Å². The summed E-state index contributed by atoms with van der Waals surface area (Å²) >= 11 is 0. The Hall–Kier alpha value is 0.1000. The van der Waals surface area contributed by atoms with E-state index in [1.165, 1.54) is 25.7 Å². The first-order valence-corrected chi connectivity index (χ1v) is 10.6. The standard InChI is InChI=1S/C18H33O5P.Na.H/c1-2-3-4-5-6-7-8-9-10-11-12-13-14-15-16-17-18(19)23-24(20,21)22;;/h6-7,9-10H,2-5,8,11-17H2,1H3,(H2,20,21,22);;/q;+1;-1/b7-6-,10-9-;;. The fourth-order valence-corrected chi connectivity index (χ4v) is 2.62. The molecule has 0 aromatic carbocycles. The maximum absolute atomic E-state index is 11.1. The zero-order valence-corrected chi connectivity index (χ0v) is 18.8. The molecule has 0 unspecified atom stereocenters. The van der Waals surface area contributed by atoms with Gasteiger partial charge < -0.3 is 5.95 Å². The number of rotatable bonds is 15. The topological polar surface area (TPSA) is 83.8 Å². The molecule has 0 aliphatic carbocycles. The van der Waals surface area contributed by atoms with Crippen LogP contribution >= 0.6 is 7.82 Å². The molecule has 0 amide bonds. The minimum Gasteiger partial charge on any atom is -1.00 e. The van der Waals surface area contributed by atoms with Crippen LogP contribution < -0.4 is 29.6 Å². The van der Waals surface area contributed by atoms with Crippen LogP contribution in [0, 0.1) is 0 Å². The third kappa shape index (κ3) is 24.1. The van der Waals surface area contributed by atoms with Crippen molar-refractivity contribution in [3.05, 3.63) is 24.3 Å². The van der Waals surface area contributed by atoms with E-state index in [0.29, 0.717) is 6.42 Å². The maximum Gasteiger partial charge on any atom is 1.00 e. The largest absolute Gasteiger partial charge is 1.00 e. The van der Waals surface area contributed by atoms with Crippen molar-refractivity contribution in [3.8, 4) is 0 Å². The van der Waals surface area contributed by atoms with Crippen LogP contribution in [0.3, 0.4) is 0 Å². The second-order valence-corrected chi connectivity index (χ2v) is 7.10. The van der Waals surface area contributed by atoms with E-state index in [2.05, 4.69) is 35.8 Å². The van der Waals surface area contributed by atoms with Crippen LogP contribution in [0.4, 0.5) is 0 Å². The summed E-state index contributed by atoms with van der Waals surface area (Å²) in [5, 5.41) is 0. The average molecular weight is 384 g/mol. The number of phosphoric acid groups is 1. The van der Waals surface area contributed by atoms with Crippen molar-refractivity contribution in [1.82, 2.24) is 0 Å². The Morgan fingerprint density at radius 1 is 0.920 bits per heavy atom. The first-order valence-electron chi connectivity index (χ1n) is 9.03. The smallest absolute Gasteiger partial charge is 1.00 e. The SMILES string of the molecule is CCCCC/C=C\C/C=C\CCCCCCCC(=O)OP(=O)(O)O.[H-].[Na+]. The second-order valence-electron chi connectivity index (χ2n) is 5.93. The molecule has 0 heterocycles. The van der Waals surface area contributed by atoms with E-state index in [9.17, 15) is 9.36 Å². The van der Waals surface area contributed by atoms with Gasteiger partial charge in [0.1, 0.15) is 0 Å². The van der Waals surface area contributed by atoms with E-state index in [1.807, 2.05) is 0 Å². The van der Waals surface area contributed by atoms with Gasteiger partial charge in [-0.25, -0.2) is 4.57 Å². The predicted molar refractivity (Wildman–Crippen MR) is 98.6 cm³/mol. The Morgan fingerprint density at radius 3 is 2.00 bits per heavy atom. The summed E-state index contributed by atoms with van der Waals surface area (Å²) in [6.07, 6.45) is 20.8. The van der Waals surface area contributed by atoms with E-state index in [1.54, 1.807) is 0 Å². The van der Waals surface area contributed by atoms with Crippen LogP contribution in [0.25, 0.3) is 0 Å². The minimum absolute atomic E-state index is 0. The first-order chi connectivity index (χ1) is 11.5. The molecule has 0 radical (unpaired) electrons. The van der Waals surface area contributed by atoms with Gasteiger partial charge in [0, 0.05) is 6.42 Å². The zero-order chi connectivity index (χ0) is 18.1. The van der Waals surface area contributed by atoms with Gasteiger partial charge in [-0.2, -0.15) is 0 Å². The second kappa shape index (κ2) is 18.9. The van der Waals surface area contributed by atoms with Crippen molar-refractivity contribution < 1.29 is 54.7 Å².